The highest BCUT2D eigenvalue weighted by atomic mass is 16.6. The second kappa shape index (κ2) is 20.4. The Labute approximate surface area is 161 Å². The van der Waals surface area contributed by atoms with Crippen molar-refractivity contribution >= 4 is 5.97 Å². The lowest BCUT2D eigenvalue weighted by Crippen LogP contribution is -2.10. The van der Waals surface area contributed by atoms with Crippen molar-refractivity contribution in [1.82, 2.24) is 0 Å². The highest BCUT2D eigenvalue weighted by molar-refractivity contribution is 5.69. The van der Waals surface area contributed by atoms with Gasteiger partial charge in [0.1, 0.15) is 6.61 Å². The second-order valence-corrected chi connectivity index (χ2v) is 6.93. The summed E-state index contributed by atoms with van der Waals surface area (Å²) in [5.41, 5.74) is 0. The molecular weight excluding hydrogens is 328 g/mol. The minimum atomic E-state index is -0.170. The molecule has 1 N–H and O–H groups in total. The van der Waals surface area contributed by atoms with E-state index in [1.807, 2.05) is 6.92 Å². The molecule has 0 aliphatic carbocycles. The van der Waals surface area contributed by atoms with E-state index in [0.717, 1.165) is 38.5 Å². The zero-order valence-corrected chi connectivity index (χ0v) is 17.2. The lowest BCUT2D eigenvalue weighted by molar-refractivity contribution is -0.145. The Bertz CT molecular complexity index is 328. The molecule has 4 heteroatoms. The number of ether oxygens (including phenoxy) is 2. The Morgan fingerprint density at radius 1 is 0.923 bits per heavy atom. The maximum Gasteiger partial charge on any atom is 0.305 e. The predicted octanol–water partition coefficient (Wildman–Crippen LogP) is 5.57. The summed E-state index contributed by atoms with van der Waals surface area (Å²) >= 11 is 0. The summed E-state index contributed by atoms with van der Waals surface area (Å²) in [6, 6.07) is 0. The molecule has 1 atom stereocenters. The fourth-order valence-corrected chi connectivity index (χ4v) is 2.79. The molecule has 0 rings (SSSR count). The van der Waals surface area contributed by atoms with Gasteiger partial charge in [-0.05, 0) is 39.0 Å². The molecule has 0 aromatic rings. The van der Waals surface area contributed by atoms with E-state index < -0.39 is 0 Å². The first-order valence-corrected chi connectivity index (χ1v) is 10.8. The van der Waals surface area contributed by atoms with Crippen LogP contribution >= 0.6 is 0 Å². The molecule has 0 aliphatic heterocycles. The van der Waals surface area contributed by atoms with Gasteiger partial charge in [-0.15, -0.1) is 0 Å². The van der Waals surface area contributed by atoms with Crippen LogP contribution in [0.25, 0.3) is 0 Å². The molecule has 4 nitrogen and oxygen atoms in total. The molecule has 0 aromatic carbocycles. The molecule has 0 saturated heterocycles. The maximum atomic E-state index is 11.5. The summed E-state index contributed by atoms with van der Waals surface area (Å²) in [5, 5.41) is 9.88. The predicted molar refractivity (Wildman–Crippen MR) is 108 cm³/mol. The summed E-state index contributed by atoms with van der Waals surface area (Å²) in [4.78, 5) is 11.5. The van der Waals surface area contributed by atoms with E-state index in [1.54, 1.807) is 0 Å². The van der Waals surface area contributed by atoms with Crippen LogP contribution in [-0.2, 0) is 14.3 Å². The standard InChI is InChI=1S/C22H42O4/c1-3-5-6-13-16-21(23)17-14-11-9-7-8-10-12-15-18-22(24)26-20-19-25-4-2/h11,14,21,23H,3-10,12-13,15-20H2,1-2H3/b14-11-/t21-/m1/s1. The van der Waals surface area contributed by atoms with Gasteiger partial charge in [0.15, 0.2) is 0 Å². The first kappa shape index (κ1) is 25.1. The average Bonchev–Trinajstić information content (AvgIpc) is 2.64. The molecule has 0 aliphatic rings. The monoisotopic (exact) mass is 370 g/mol. The summed E-state index contributed by atoms with van der Waals surface area (Å²) < 4.78 is 10.2. The van der Waals surface area contributed by atoms with Gasteiger partial charge >= 0.3 is 5.97 Å². The normalized spacial score (nSPS) is 12.6. The maximum absolute atomic E-state index is 11.5. The number of unbranched alkanes of at least 4 members (excludes halogenated alkanes) is 8. The van der Waals surface area contributed by atoms with Crippen LogP contribution in [0, 0.1) is 0 Å². The van der Waals surface area contributed by atoms with Crippen LogP contribution in [0.5, 0.6) is 0 Å². The van der Waals surface area contributed by atoms with Crippen molar-refractivity contribution in [3.63, 3.8) is 0 Å². The second-order valence-electron chi connectivity index (χ2n) is 6.93. The summed E-state index contributed by atoms with van der Waals surface area (Å²) in [6.07, 6.45) is 17.9. The fourth-order valence-electron chi connectivity index (χ4n) is 2.79. The van der Waals surface area contributed by atoms with E-state index in [4.69, 9.17) is 9.47 Å². The Morgan fingerprint density at radius 3 is 2.42 bits per heavy atom. The van der Waals surface area contributed by atoms with Gasteiger partial charge in [0.25, 0.3) is 0 Å². The first-order valence-electron chi connectivity index (χ1n) is 10.8. The van der Waals surface area contributed by atoms with Crippen molar-refractivity contribution in [2.75, 3.05) is 19.8 Å². The van der Waals surface area contributed by atoms with Crippen molar-refractivity contribution in [3.05, 3.63) is 12.2 Å². The van der Waals surface area contributed by atoms with E-state index in [0.29, 0.717) is 26.2 Å². The lowest BCUT2D eigenvalue weighted by Gasteiger charge is -2.07. The number of aliphatic hydroxyl groups excluding tert-OH is 1. The van der Waals surface area contributed by atoms with Crippen LogP contribution < -0.4 is 0 Å². The third-order valence-electron chi connectivity index (χ3n) is 4.41. The van der Waals surface area contributed by atoms with Crippen molar-refractivity contribution in [2.24, 2.45) is 0 Å². The molecule has 0 aromatic heterocycles. The molecule has 0 fully saturated rings. The number of allylic oxidation sites excluding steroid dienone is 1. The van der Waals surface area contributed by atoms with Gasteiger partial charge in [0.2, 0.25) is 0 Å². The van der Waals surface area contributed by atoms with Gasteiger partial charge in [0, 0.05) is 13.0 Å². The molecule has 154 valence electrons. The number of hydrogen-bond acceptors (Lipinski definition) is 4. The molecule has 0 amide bonds. The Balaban J connectivity index is 3.30. The SMILES string of the molecule is CCCCCC[C@@H](O)C/C=C\CCCCCCCC(=O)OCCOCC. The molecule has 0 unspecified atom stereocenters. The number of esters is 1. The van der Waals surface area contributed by atoms with Gasteiger partial charge in [0.05, 0.1) is 12.7 Å². The lowest BCUT2D eigenvalue weighted by atomic mass is 10.1. The number of hydrogen-bond donors (Lipinski definition) is 1. The summed E-state index contributed by atoms with van der Waals surface area (Å²) in [6.45, 7) is 5.65. The van der Waals surface area contributed by atoms with E-state index in [-0.39, 0.29) is 12.1 Å². The molecule has 0 radical (unpaired) electrons. The van der Waals surface area contributed by atoms with Crippen molar-refractivity contribution in [3.8, 4) is 0 Å². The quantitative estimate of drug-likeness (QED) is 0.183. The summed E-state index contributed by atoms with van der Waals surface area (Å²) in [5.74, 6) is -0.110. The van der Waals surface area contributed by atoms with Crippen LogP contribution in [0.15, 0.2) is 12.2 Å². The molecule has 0 spiro atoms. The van der Waals surface area contributed by atoms with E-state index in [9.17, 15) is 9.90 Å². The van der Waals surface area contributed by atoms with Gasteiger partial charge < -0.3 is 14.6 Å². The van der Waals surface area contributed by atoms with E-state index in [1.165, 1.54) is 38.5 Å². The highest BCUT2D eigenvalue weighted by Crippen LogP contribution is 2.10. The third-order valence-corrected chi connectivity index (χ3v) is 4.41. The number of aliphatic hydroxyl groups is 1. The highest BCUT2D eigenvalue weighted by Gasteiger charge is 2.02. The van der Waals surface area contributed by atoms with Crippen LogP contribution in [0.3, 0.4) is 0 Å². The zero-order valence-electron chi connectivity index (χ0n) is 17.2. The molecule has 0 saturated carbocycles. The minimum absolute atomic E-state index is 0.110. The largest absolute Gasteiger partial charge is 0.463 e. The number of carbonyl (C=O) groups is 1. The molecule has 0 heterocycles. The molecule has 0 bridgehead atoms. The zero-order chi connectivity index (χ0) is 19.3. The van der Waals surface area contributed by atoms with E-state index >= 15 is 0 Å². The van der Waals surface area contributed by atoms with Gasteiger partial charge in [-0.25, -0.2) is 0 Å². The van der Waals surface area contributed by atoms with E-state index in [2.05, 4.69) is 19.1 Å². The average molecular weight is 371 g/mol. The topological polar surface area (TPSA) is 55.8 Å². The Morgan fingerprint density at radius 2 is 1.65 bits per heavy atom. The number of rotatable bonds is 19. The van der Waals surface area contributed by atoms with Crippen molar-refractivity contribution in [1.29, 1.82) is 0 Å². The first-order chi connectivity index (χ1) is 12.7. The molecular formula is C22H42O4. The van der Waals surface area contributed by atoms with Crippen LogP contribution in [-0.4, -0.2) is 37.0 Å². The van der Waals surface area contributed by atoms with Gasteiger partial charge in [-0.1, -0.05) is 64.0 Å². The Hall–Kier alpha value is -0.870. The molecule has 26 heavy (non-hydrogen) atoms. The van der Waals surface area contributed by atoms with Gasteiger partial charge in [-0.2, -0.15) is 0 Å². The Kier molecular flexibility index (Phi) is 19.8. The minimum Gasteiger partial charge on any atom is -0.463 e. The van der Waals surface area contributed by atoms with Crippen LogP contribution in [0.1, 0.15) is 97.3 Å². The third kappa shape index (κ3) is 19.5. The van der Waals surface area contributed by atoms with Gasteiger partial charge in [-0.3, -0.25) is 4.79 Å². The van der Waals surface area contributed by atoms with Crippen molar-refractivity contribution < 1.29 is 19.4 Å². The summed E-state index contributed by atoms with van der Waals surface area (Å²) in [7, 11) is 0. The van der Waals surface area contributed by atoms with Crippen molar-refractivity contribution in [2.45, 2.75) is 103 Å². The van der Waals surface area contributed by atoms with Crippen LogP contribution in [0.4, 0.5) is 0 Å². The number of carbonyl (C=O) groups excluding carboxylic acids is 1. The smallest absolute Gasteiger partial charge is 0.305 e. The van der Waals surface area contributed by atoms with Crippen LogP contribution in [0.2, 0.25) is 0 Å². The fraction of sp³-hybridized carbons (Fsp3) is 0.864.